The Kier molecular flexibility index (Phi) is 1.40. The maximum Gasteiger partial charge on any atom is 0.222 e. The topological polar surface area (TPSA) is 41.1 Å². The zero-order chi connectivity index (χ0) is 9.60. The first-order chi connectivity index (χ1) is 6.77. The third kappa shape index (κ3) is 1.02. The second-order valence-electron chi connectivity index (χ2n) is 4.19. The monoisotopic (exact) mass is 188 g/mol. The van der Waals surface area contributed by atoms with Gasteiger partial charge in [-0.2, -0.15) is 0 Å². The summed E-state index contributed by atoms with van der Waals surface area (Å²) in [5, 5.41) is 6.34. The predicted molar refractivity (Wildman–Crippen MR) is 54.1 cm³/mol. The Morgan fingerprint density at radius 1 is 1.21 bits per heavy atom. The molecule has 1 unspecified atom stereocenters. The SMILES string of the molecule is O=C1CC2(CN1)Cc1ccccc1N2. The number of hydrogen-bond acceptors (Lipinski definition) is 2. The quantitative estimate of drug-likeness (QED) is 0.635. The van der Waals surface area contributed by atoms with Crippen molar-refractivity contribution in [2.45, 2.75) is 18.4 Å². The molecule has 3 heteroatoms. The van der Waals surface area contributed by atoms with Crippen LogP contribution in [0.15, 0.2) is 24.3 Å². The third-order valence-corrected chi connectivity index (χ3v) is 3.07. The molecule has 2 N–H and O–H groups in total. The number of nitrogens with one attached hydrogen (secondary N) is 2. The van der Waals surface area contributed by atoms with Crippen LogP contribution in [0.4, 0.5) is 5.69 Å². The fourth-order valence-corrected chi connectivity index (χ4v) is 2.40. The van der Waals surface area contributed by atoms with Gasteiger partial charge in [0.1, 0.15) is 0 Å². The summed E-state index contributed by atoms with van der Waals surface area (Å²) in [6, 6.07) is 8.27. The maximum atomic E-state index is 11.2. The normalized spacial score (nSPS) is 28.7. The molecule has 0 aliphatic carbocycles. The van der Waals surface area contributed by atoms with E-state index in [4.69, 9.17) is 0 Å². The molecule has 2 aliphatic heterocycles. The summed E-state index contributed by atoms with van der Waals surface area (Å²) in [4.78, 5) is 11.2. The first-order valence-corrected chi connectivity index (χ1v) is 4.90. The summed E-state index contributed by atoms with van der Waals surface area (Å²) in [5.41, 5.74) is 2.47. The van der Waals surface area contributed by atoms with Gasteiger partial charge < -0.3 is 10.6 Å². The van der Waals surface area contributed by atoms with E-state index in [1.165, 1.54) is 11.3 Å². The van der Waals surface area contributed by atoms with Gasteiger partial charge in [0.25, 0.3) is 0 Å². The van der Waals surface area contributed by atoms with Gasteiger partial charge in [-0.25, -0.2) is 0 Å². The van der Waals surface area contributed by atoms with Crippen LogP contribution in [-0.4, -0.2) is 18.0 Å². The Balaban J connectivity index is 1.94. The Bertz CT molecular complexity index is 375. The van der Waals surface area contributed by atoms with E-state index in [1.54, 1.807) is 0 Å². The van der Waals surface area contributed by atoms with E-state index in [-0.39, 0.29) is 11.4 Å². The van der Waals surface area contributed by atoms with Crippen LogP contribution in [0.3, 0.4) is 0 Å². The highest BCUT2D eigenvalue weighted by atomic mass is 16.2. The number of benzene rings is 1. The molecule has 3 rings (SSSR count). The minimum absolute atomic E-state index is 0.0409. The van der Waals surface area contributed by atoms with Crippen molar-refractivity contribution in [3.05, 3.63) is 29.8 Å². The van der Waals surface area contributed by atoms with E-state index in [0.29, 0.717) is 6.42 Å². The lowest BCUT2D eigenvalue weighted by molar-refractivity contribution is -0.119. The summed E-state index contributed by atoms with van der Waals surface area (Å²) in [7, 11) is 0. The van der Waals surface area contributed by atoms with Crippen LogP contribution in [0.5, 0.6) is 0 Å². The molecule has 0 radical (unpaired) electrons. The predicted octanol–water partition coefficient (Wildman–Crippen LogP) is 0.913. The minimum Gasteiger partial charge on any atom is -0.377 e. The van der Waals surface area contributed by atoms with Gasteiger partial charge >= 0.3 is 0 Å². The van der Waals surface area contributed by atoms with Crippen molar-refractivity contribution in [3.8, 4) is 0 Å². The van der Waals surface area contributed by atoms with Gasteiger partial charge in [0.15, 0.2) is 0 Å². The lowest BCUT2D eigenvalue weighted by Crippen LogP contribution is -2.38. The number of amides is 1. The molecule has 72 valence electrons. The highest BCUT2D eigenvalue weighted by Gasteiger charge is 2.42. The largest absolute Gasteiger partial charge is 0.377 e. The molecule has 1 spiro atoms. The van der Waals surface area contributed by atoms with Gasteiger partial charge in [-0.1, -0.05) is 18.2 Å². The van der Waals surface area contributed by atoms with Crippen LogP contribution in [0.1, 0.15) is 12.0 Å². The van der Waals surface area contributed by atoms with Crippen LogP contribution in [0.25, 0.3) is 0 Å². The highest BCUT2D eigenvalue weighted by Crippen LogP contribution is 2.35. The fraction of sp³-hybridized carbons (Fsp3) is 0.364. The third-order valence-electron chi connectivity index (χ3n) is 3.07. The Hall–Kier alpha value is -1.51. The number of fused-ring (bicyclic) bond motifs is 1. The van der Waals surface area contributed by atoms with Crippen LogP contribution in [-0.2, 0) is 11.2 Å². The number of carbonyl (C=O) groups excluding carboxylic acids is 1. The van der Waals surface area contributed by atoms with Gasteiger partial charge in [-0.15, -0.1) is 0 Å². The van der Waals surface area contributed by atoms with E-state index in [9.17, 15) is 4.79 Å². The summed E-state index contributed by atoms with van der Waals surface area (Å²) < 4.78 is 0. The number of rotatable bonds is 0. The molecule has 1 aromatic carbocycles. The number of anilines is 1. The molecule has 1 atom stereocenters. The smallest absolute Gasteiger partial charge is 0.222 e. The van der Waals surface area contributed by atoms with E-state index < -0.39 is 0 Å². The van der Waals surface area contributed by atoms with Gasteiger partial charge in [-0.05, 0) is 18.1 Å². The summed E-state index contributed by atoms with van der Waals surface area (Å²) in [6.45, 7) is 0.751. The van der Waals surface area contributed by atoms with Crippen LogP contribution in [0, 0.1) is 0 Å². The molecule has 0 aromatic heterocycles. The van der Waals surface area contributed by atoms with Crippen molar-refractivity contribution in [2.24, 2.45) is 0 Å². The average Bonchev–Trinajstić information content (AvgIpc) is 2.69. The Labute approximate surface area is 82.5 Å². The molecule has 1 fully saturated rings. The second kappa shape index (κ2) is 2.50. The van der Waals surface area contributed by atoms with Gasteiger partial charge in [-0.3, -0.25) is 4.79 Å². The Morgan fingerprint density at radius 2 is 2.07 bits per heavy atom. The van der Waals surface area contributed by atoms with Crippen molar-refractivity contribution >= 4 is 11.6 Å². The molecule has 2 aliphatic rings. The van der Waals surface area contributed by atoms with Gasteiger partial charge in [0.05, 0.1) is 12.0 Å². The molecular weight excluding hydrogens is 176 g/mol. The van der Waals surface area contributed by atoms with E-state index in [2.05, 4.69) is 22.8 Å². The summed E-state index contributed by atoms with van der Waals surface area (Å²) in [5.74, 6) is 0.158. The molecule has 1 saturated heterocycles. The van der Waals surface area contributed by atoms with Gasteiger partial charge in [0, 0.05) is 12.2 Å². The van der Waals surface area contributed by atoms with Crippen LogP contribution < -0.4 is 10.6 Å². The molecule has 1 aromatic rings. The molecule has 1 amide bonds. The molecule has 14 heavy (non-hydrogen) atoms. The molecule has 2 heterocycles. The van der Waals surface area contributed by atoms with Crippen molar-refractivity contribution in [3.63, 3.8) is 0 Å². The van der Waals surface area contributed by atoms with Crippen molar-refractivity contribution < 1.29 is 4.79 Å². The van der Waals surface area contributed by atoms with Gasteiger partial charge in [0.2, 0.25) is 5.91 Å². The maximum absolute atomic E-state index is 11.2. The molecule has 3 nitrogen and oxygen atoms in total. The standard InChI is InChI=1S/C11H12N2O/c14-10-6-11(7-12-10)5-8-3-1-2-4-9(8)13-11/h1-4,13H,5-7H2,(H,12,14). The summed E-state index contributed by atoms with van der Waals surface area (Å²) in [6.07, 6.45) is 1.56. The lowest BCUT2D eigenvalue weighted by atomic mass is 9.94. The summed E-state index contributed by atoms with van der Waals surface area (Å²) >= 11 is 0. The Morgan fingerprint density at radius 3 is 2.79 bits per heavy atom. The van der Waals surface area contributed by atoms with Crippen molar-refractivity contribution in [2.75, 3.05) is 11.9 Å². The molecular formula is C11H12N2O. The number of hydrogen-bond donors (Lipinski definition) is 2. The zero-order valence-electron chi connectivity index (χ0n) is 7.84. The molecule has 0 saturated carbocycles. The number of para-hydroxylation sites is 1. The van der Waals surface area contributed by atoms with E-state index in [1.807, 2.05) is 12.1 Å². The second-order valence-corrected chi connectivity index (χ2v) is 4.19. The fourth-order valence-electron chi connectivity index (χ4n) is 2.40. The lowest BCUT2D eigenvalue weighted by Gasteiger charge is -2.21. The first-order valence-electron chi connectivity index (χ1n) is 4.90. The highest BCUT2D eigenvalue weighted by molar-refractivity contribution is 5.82. The van der Waals surface area contributed by atoms with Crippen molar-refractivity contribution in [1.29, 1.82) is 0 Å². The average molecular weight is 188 g/mol. The number of carbonyl (C=O) groups is 1. The van der Waals surface area contributed by atoms with Crippen LogP contribution >= 0.6 is 0 Å². The zero-order valence-corrected chi connectivity index (χ0v) is 7.84. The minimum atomic E-state index is -0.0409. The van der Waals surface area contributed by atoms with Crippen molar-refractivity contribution in [1.82, 2.24) is 5.32 Å². The molecule has 0 bridgehead atoms. The van der Waals surface area contributed by atoms with Crippen LogP contribution in [0.2, 0.25) is 0 Å². The first kappa shape index (κ1) is 7.85. The van der Waals surface area contributed by atoms with E-state index >= 15 is 0 Å². The van der Waals surface area contributed by atoms with E-state index in [0.717, 1.165) is 13.0 Å².